The molecular formula is C22H24FN5O2. The summed E-state index contributed by atoms with van der Waals surface area (Å²) in [5.74, 6) is 0.350. The Morgan fingerprint density at radius 2 is 1.97 bits per heavy atom. The molecule has 3 heterocycles. The molecule has 1 aliphatic heterocycles. The lowest BCUT2D eigenvalue weighted by atomic mass is 10.1. The third kappa shape index (κ3) is 4.49. The molecule has 156 valence electrons. The molecule has 8 heteroatoms. The van der Waals surface area contributed by atoms with Gasteiger partial charge in [-0.05, 0) is 30.3 Å². The van der Waals surface area contributed by atoms with Crippen molar-refractivity contribution in [3.8, 4) is 11.3 Å². The lowest BCUT2D eigenvalue weighted by Gasteiger charge is -2.34. The number of anilines is 1. The van der Waals surface area contributed by atoms with Crippen LogP contribution < -0.4 is 10.2 Å². The SMILES string of the molecule is CCN1CCN(c2ccc(CNC(=O)c3cc(-c4ccccc4F)on3)cn2)CC1. The topological polar surface area (TPSA) is 74.5 Å². The number of nitrogens with zero attached hydrogens (tertiary/aromatic N) is 4. The third-order valence-electron chi connectivity index (χ3n) is 5.29. The number of carbonyl (C=O) groups is 1. The van der Waals surface area contributed by atoms with Crippen molar-refractivity contribution in [2.24, 2.45) is 0 Å². The fourth-order valence-corrected chi connectivity index (χ4v) is 3.44. The quantitative estimate of drug-likeness (QED) is 0.675. The Balaban J connectivity index is 1.33. The van der Waals surface area contributed by atoms with Gasteiger partial charge in [-0.2, -0.15) is 0 Å². The summed E-state index contributed by atoms with van der Waals surface area (Å²) < 4.78 is 19.0. The molecule has 1 aliphatic rings. The van der Waals surface area contributed by atoms with E-state index in [2.05, 4.69) is 32.2 Å². The van der Waals surface area contributed by atoms with Crippen molar-refractivity contribution >= 4 is 11.7 Å². The maximum Gasteiger partial charge on any atom is 0.273 e. The van der Waals surface area contributed by atoms with Crippen LogP contribution in [0, 0.1) is 5.82 Å². The minimum absolute atomic E-state index is 0.103. The summed E-state index contributed by atoms with van der Waals surface area (Å²) in [7, 11) is 0. The van der Waals surface area contributed by atoms with Crippen LogP contribution in [0.3, 0.4) is 0 Å². The zero-order valence-corrected chi connectivity index (χ0v) is 16.8. The number of halogens is 1. The predicted molar refractivity (Wildman–Crippen MR) is 112 cm³/mol. The minimum atomic E-state index is -0.428. The van der Waals surface area contributed by atoms with Crippen LogP contribution in [0.1, 0.15) is 23.0 Å². The summed E-state index contributed by atoms with van der Waals surface area (Å²) >= 11 is 0. The van der Waals surface area contributed by atoms with E-state index in [-0.39, 0.29) is 22.9 Å². The van der Waals surface area contributed by atoms with Crippen molar-refractivity contribution in [2.75, 3.05) is 37.6 Å². The van der Waals surface area contributed by atoms with Gasteiger partial charge in [-0.15, -0.1) is 0 Å². The molecule has 0 saturated carbocycles. The Bertz CT molecular complexity index is 997. The van der Waals surface area contributed by atoms with Gasteiger partial charge in [-0.25, -0.2) is 9.37 Å². The standard InChI is InChI=1S/C22H24FN5O2/c1-2-27-9-11-28(12-10-27)21-8-7-16(14-24-21)15-25-22(29)19-13-20(30-26-19)17-5-3-4-6-18(17)23/h3-8,13-14H,2,9-12,15H2,1H3,(H,25,29). The van der Waals surface area contributed by atoms with E-state index in [4.69, 9.17) is 4.52 Å². The Kier molecular flexibility index (Phi) is 6.04. The van der Waals surface area contributed by atoms with E-state index in [9.17, 15) is 9.18 Å². The molecule has 1 aromatic carbocycles. The van der Waals surface area contributed by atoms with E-state index < -0.39 is 5.82 Å². The number of amides is 1. The van der Waals surface area contributed by atoms with Gasteiger partial charge >= 0.3 is 0 Å². The van der Waals surface area contributed by atoms with Crippen molar-refractivity contribution < 1.29 is 13.7 Å². The van der Waals surface area contributed by atoms with E-state index in [1.807, 2.05) is 12.1 Å². The molecular weight excluding hydrogens is 385 g/mol. The van der Waals surface area contributed by atoms with Crippen LogP contribution in [-0.2, 0) is 6.54 Å². The highest BCUT2D eigenvalue weighted by atomic mass is 19.1. The Morgan fingerprint density at radius 1 is 1.17 bits per heavy atom. The van der Waals surface area contributed by atoms with Crippen molar-refractivity contribution in [3.05, 3.63) is 65.7 Å². The Hall–Kier alpha value is -3.26. The fourth-order valence-electron chi connectivity index (χ4n) is 3.44. The van der Waals surface area contributed by atoms with Crippen molar-refractivity contribution in [1.82, 2.24) is 20.4 Å². The number of likely N-dealkylation sites (N-methyl/N-ethyl adjacent to an activating group) is 1. The predicted octanol–water partition coefficient (Wildman–Crippen LogP) is 2.95. The molecule has 0 atom stereocenters. The second kappa shape index (κ2) is 9.04. The summed E-state index contributed by atoms with van der Waals surface area (Å²) in [6, 6.07) is 11.6. The summed E-state index contributed by atoms with van der Waals surface area (Å²) in [4.78, 5) is 21.6. The van der Waals surface area contributed by atoms with Crippen molar-refractivity contribution in [1.29, 1.82) is 0 Å². The highest BCUT2D eigenvalue weighted by Crippen LogP contribution is 2.23. The van der Waals surface area contributed by atoms with Gasteiger partial charge in [0.25, 0.3) is 5.91 Å². The molecule has 0 bridgehead atoms. The smallest absolute Gasteiger partial charge is 0.273 e. The molecule has 0 aliphatic carbocycles. The molecule has 0 spiro atoms. The van der Waals surface area contributed by atoms with Crippen molar-refractivity contribution in [2.45, 2.75) is 13.5 Å². The number of carbonyl (C=O) groups excluding carboxylic acids is 1. The number of nitrogens with one attached hydrogen (secondary N) is 1. The molecule has 0 unspecified atom stereocenters. The average Bonchev–Trinajstić information content (AvgIpc) is 3.28. The number of benzene rings is 1. The highest BCUT2D eigenvalue weighted by Gasteiger charge is 2.17. The van der Waals surface area contributed by atoms with Gasteiger partial charge in [-0.1, -0.05) is 30.3 Å². The molecule has 1 amide bonds. The molecule has 2 aromatic heterocycles. The van der Waals surface area contributed by atoms with Crippen LogP contribution in [0.2, 0.25) is 0 Å². The average molecular weight is 409 g/mol. The third-order valence-corrected chi connectivity index (χ3v) is 5.29. The molecule has 3 aromatic rings. The molecule has 1 saturated heterocycles. The van der Waals surface area contributed by atoms with Crippen LogP contribution >= 0.6 is 0 Å². The van der Waals surface area contributed by atoms with Gasteiger partial charge in [0.05, 0.1) is 5.56 Å². The van der Waals surface area contributed by atoms with Gasteiger partial charge < -0.3 is 19.6 Å². The highest BCUT2D eigenvalue weighted by molar-refractivity contribution is 5.93. The van der Waals surface area contributed by atoms with Crippen LogP contribution in [0.15, 0.2) is 53.2 Å². The first-order valence-electron chi connectivity index (χ1n) is 10.1. The summed E-state index contributed by atoms with van der Waals surface area (Å²) in [6.45, 7) is 7.59. The first-order chi connectivity index (χ1) is 14.6. The number of hydrogen-bond acceptors (Lipinski definition) is 6. The Morgan fingerprint density at radius 3 is 2.67 bits per heavy atom. The second-order valence-electron chi connectivity index (χ2n) is 7.18. The van der Waals surface area contributed by atoms with Crippen LogP contribution in [0.4, 0.5) is 10.2 Å². The number of hydrogen-bond donors (Lipinski definition) is 1. The largest absolute Gasteiger partial charge is 0.355 e. The van der Waals surface area contributed by atoms with E-state index in [1.165, 1.54) is 12.1 Å². The molecule has 0 radical (unpaired) electrons. The van der Waals surface area contributed by atoms with Gasteiger partial charge in [0.15, 0.2) is 11.5 Å². The molecule has 4 rings (SSSR count). The monoisotopic (exact) mass is 409 g/mol. The van der Waals surface area contributed by atoms with Gasteiger partial charge in [0, 0.05) is 45.0 Å². The van der Waals surface area contributed by atoms with Gasteiger partial charge in [0.1, 0.15) is 11.6 Å². The molecule has 30 heavy (non-hydrogen) atoms. The number of rotatable bonds is 6. The number of aromatic nitrogens is 2. The van der Waals surface area contributed by atoms with Gasteiger partial charge in [-0.3, -0.25) is 4.79 Å². The van der Waals surface area contributed by atoms with E-state index >= 15 is 0 Å². The molecule has 1 fully saturated rings. The lowest BCUT2D eigenvalue weighted by molar-refractivity contribution is 0.0942. The first kappa shape index (κ1) is 20.0. The summed E-state index contributed by atoms with van der Waals surface area (Å²) in [5.41, 5.74) is 1.26. The normalized spacial score (nSPS) is 14.7. The molecule has 1 N–H and O–H groups in total. The van der Waals surface area contributed by atoms with E-state index in [0.717, 1.165) is 44.1 Å². The molecule has 7 nitrogen and oxygen atoms in total. The summed E-state index contributed by atoms with van der Waals surface area (Å²) in [5, 5.41) is 6.55. The van der Waals surface area contributed by atoms with Crippen LogP contribution in [0.25, 0.3) is 11.3 Å². The van der Waals surface area contributed by atoms with Gasteiger partial charge in [0.2, 0.25) is 0 Å². The second-order valence-corrected chi connectivity index (χ2v) is 7.18. The zero-order chi connectivity index (χ0) is 20.9. The van der Waals surface area contributed by atoms with Crippen LogP contribution in [-0.4, -0.2) is 53.7 Å². The van der Waals surface area contributed by atoms with Crippen LogP contribution in [0.5, 0.6) is 0 Å². The van der Waals surface area contributed by atoms with E-state index in [1.54, 1.807) is 24.4 Å². The lowest BCUT2D eigenvalue weighted by Crippen LogP contribution is -2.46. The number of pyridine rings is 1. The Labute approximate surface area is 174 Å². The van der Waals surface area contributed by atoms with Crippen molar-refractivity contribution in [3.63, 3.8) is 0 Å². The van der Waals surface area contributed by atoms with E-state index in [0.29, 0.717) is 6.54 Å². The zero-order valence-electron chi connectivity index (χ0n) is 16.8. The summed E-state index contributed by atoms with van der Waals surface area (Å²) in [6.07, 6.45) is 1.77. The minimum Gasteiger partial charge on any atom is -0.355 e. The number of piperazine rings is 1. The first-order valence-corrected chi connectivity index (χ1v) is 10.1. The maximum atomic E-state index is 13.9. The maximum absolute atomic E-state index is 13.9. The fraction of sp³-hybridized carbons (Fsp3) is 0.318.